The molecule has 1 amide bonds. The lowest BCUT2D eigenvalue weighted by atomic mass is 10.1. The van der Waals surface area contributed by atoms with Gasteiger partial charge < -0.3 is 19.0 Å². The predicted octanol–water partition coefficient (Wildman–Crippen LogP) is 2.06. The molecule has 3 heterocycles. The summed E-state index contributed by atoms with van der Waals surface area (Å²) in [4.78, 5) is 26.2. The molecular weight excluding hydrogens is 336 g/mol. The molecule has 3 aromatic rings. The van der Waals surface area contributed by atoms with Gasteiger partial charge in [0.15, 0.2) is 11.6 Å². The number of hydrogen-bond donors (Lipinski definition) is 1. The summed E-state index contributed by atoms with van der Waals surface area (Å²) in [7, 11) is 0. The van der Waals surface area contributed by atoms with E-state index in [1.807, 2.05) is 32.0 Å². The number of benzene rings is 1. The Hall–Kier alpha value is -3.16. The van der Waals surface area contributed by atoms with Crippen molar-refractivity contribution < 1.29 is 19.1 Å². The molecule has 1 aromatic carbocycles. The van der Waals surface area contributed by atoms with Gasteiger partial charge >= 0.3 is 5.97 Å². The molecule has 0 bridgehead atoms. The van der Waals surface area contributed by atoms with Crippen molar-refractivity contribution >= 4 is 22.8 Å². The lowest BCUT2D eigenvalue weighted by Crippen LogP contribution is -2.50. The number of carboxylic acids is 1. The van der Waals surface area contributed by atoms with Crippen LogP contribution in [-0.4, -0.2) is 42.7 Å². The minimum absolute atomic E-state index is 0.0755. The Morgan fingerprint density at radius 2 is 2.00 bits per heavy atom. The second-order valence-corrected chi connectivity index (χ2v) is 6.57. The first-order valence-corrected chi connectivity index (χ1v) is 8.29. The van der Waals surface area contributed by atoms with E-state index in [1.165, 1.54) is 4.90 Å². The lowest BCUT2D eigenvalue weighted by molar-refractivity contribution is -0.143. The van der Waals surface area contributed by atoms with E-state index in [0.717, 1.165) is 10.9 Å². The number of fused-ring (bicyclic) bond motifs is 2. The van der Waals surface area contributed by atoms with E-state index in [2.05, 4.69) is 10.2 Å². The molecule has 0 fully saturated rings. The van der Waals surface area contributed by atoms with Crippen molar-refractivity contribution in [1.29, 1.82) is 0 Å². The number of aliphatic carboxylic acids is 1. The molecular formula is C18H18N4O4. The van der Waals surface area contributed by atoms with Crippen molar-refractivity contribution in [1.82, 2.24) is 19.7 Å². The maximum absolute atomic E-state index is 13.1. The largest absolute Gasteiger partial charge is 0.480 e. The molecule has 1 unspecified atom stereocenters. The number of rotatable bonds is 2. The molecule has 1 N–H and O–H groups in total. The third-order valence-electron chi connectivity index (χ3n) is 4.96. The summed E-state index contributed by atoms with van der Waals surface area (Å²) in [6.07, 6.45) is 0. The van der Waals surface area contributed by atoms with Crippen LogP contribution >= 0.6 is 0 Å². The highest BCUT2D eigenvalue weighted by molar-refractivity contribution is 6.01. The maximum Gasteiger partial charge on any atom is 0.328 e. The molecule has 134 valence electrons. The number of nitrogens with zero attached hydrogens (tertiary/aromatic N) is 4. The molecule has 1 aliphatic heterocycles. The smallest absolute Gasteiger partial charge is 0.328 e. The predicted molar refractivity (Wildman–Crippen MR) is 91.7 cm³/mol. The third-order valence-corrected chi connectivity index (χ3v) is 4.96. The van der Waals surface area contributed by atoms with E-state index >= 15 is 0 Å². The summed E-state index contributed by atoms with van der Waals surface area (Å²) < 4.78 is 7.57. The molecule has 1 aliphatic rings. The van der Waals surface area contributed by atoms with Gasteiger partial charge in [0.05, 0.1) is 13.1 Å². The molecule has 4 rings (SSSR count). The number of carbonyl (C=O) groups is 2. The minimum Gasteiger partial charge on any atom is -0.480 e. The van der Waals surface area contributed by atoms with Crippen LogP contribution < -0.4 is 0 Å². The second-order valence-electron chi connectivity index (χ2n) is 6.57. The second kappa shape index (κ2) is 5.69. The van der Waals surface area contributed by atoms with E-state index in [9.17, 15) is 14.7 Å². The average molecular weight is 354 g/mol. The Morgan fingerprint density at radius 1 is 1.23 bits per heavy atom. The lowest BCUT2D eigenvalue weighted by Gasteiger charge is -2.33. The summed E-state index contributed by atoms with van der Waals surface area (Å²) >= 11 is 0. The van der Waals surface area contributed by atoms with Crippen LogP contribution in [0.2, 0.25) is 0 Å². The zero-order valence-electron chi connectivity index (χ0n) is 14.7. The summed E-state index contributed by atoms with van der Waals surface area (Å²) in [5, 5.41) is 18.5. The minimum atomic E-state index is -1.07. The number of amides is 1. The van der Waals surface area contributed by atoms with Gasteiger partial charge in [-0.05, 0) is 26.3 Å². The molecule has 0 aliphatic carbocycles. The van der Waals surface area contributed by atoms with Gasteiger partial charge in [0.1, 0.15) is 17.4 Å². The van der Waals surface area contributed by atoms with Crippen LogP contribution in [0.15, 0.2) is 22.6 Å². The van der Waals surface area contributed by atoms with Gasteiger partial charge in [0.2, 0.25) is 0 Å². The Morgan fingerprint density at radius 3 is 2.69 bits per heavy atom. The van der Waals surface area contributed by atoms with Crippen LogP contribution in [0.4, 0.5) is 0 Å². The summed E-state index contributed by atoms with van der Waals surface area (Å²) in [5.74, 6) is -0.142. The highest BCUT2D eigenvalue weighted by atomic mass is 16.4. The highest BCUT2D eigenvalue weighted by Gasteiger charge is 2.38. The SMILES string of the molecule is Cc1c(C(=O)N2Cc3nnc(C)n3CC2C(=O)O)oc2c(C)cccc12. The quantitative estimate of drug-likeness (QED) is 0.756. The molecule has 8 heteroatoms. The fraction of sp³-hybridized carbons (Fsp3) is 0.333. The van der Waals surface area contributed by atoms with E-state index in [1.54, 1.807) is 11.5 Å². The fourth-order valence-corrected chi connectivity index (χ4v) is 3.46. The van der Waals surface area contributed by atoms with E-state index in [-0.39, 0.29) is 18.8 Å². The fourth-order valence-electron chi connectivity index (χ4n) is 3.46. The normalized spacial score (nSPS) is 16.7. The van der Waals surface area contributed by atoms with Gasteiger partial charge in [0, 0.05) is 10.9 Å². The van der Waals surface area contributed by atoms with Crippen LogP contribution in [0, 0.1) is 20.8 Å². The third kappa shape index (κ3) is 2.29. The van der Waals surface area contributed by atoms with Gasteiger partial charge in [-0.3, -0.25) is 4.79 Å². The molecule has 0 spiro atoms. The molecule has 0 saturated carbocycles. The maximum atomic E-state index is 13.1. The number of hydrogen-bond acceptors (Lipinski definition) is 5. The summed E-state index contributed by atoms with van der Waals surface area (Å²) in [5.41, 5.74) is 2.28. The number of aryl methyl sites for hydroxylation is 3. The Kier molecular flexibility index (Phi) is 3.57. The zero-order chi connectivity index (χ0) is 18.6. The van der Waals surface area contributed by atoms with Gasteiger partial charge in [-0.1, -0.05) is 18.2 Å². The number of carboxylic acid groups (broad SMARTS) is 1. The van der Waals surface area contributed by atoms with Gasteiger partial charge in [0.25, 0.3) is 5.91 Å². The van der Waals surface area contributed by atoms with E-state index in [0.29, 0.717) is 22.8 Å². The van der Waals surface area contributed by atoms with Crippen molar-refractivity contribution in [3.8, 4) is 0 Å². The summed E-state index contributed by atoms with van der Waals surface area (Å²) in [6.45, 7) is 5.68. The molecule has 0 radical (unpaired) electrons. The molecule has 1 atom stereocenters. The molecule has 2 aromatic heterocycles. The first kappa shape index (κ1) is 16.3. The van der Waals surface area contributed by atoms with Gasteiger partial charge in [-0.2, -0.15) is 0 Å². The van der Waals surface area contributed by atoms with Crippen molar-refractivity contribution in [2.24, 2.45) is 0 Å². The Labute approximate surface area is 149 Å². The van der Waals surface area contributed by atoms with Crippen molar-refractivity contribution in [3.05, 3.63) is 46.7 Å². The monoisotopic (exact) mass is 354 g/mol. The Bertz CT molecular complexity index is 1050. The summed E-state index contributed by atoms with van der Waals surface area (Å²) in [6, 6.07) is 4.70. The van der Waals surface area contributed by atoms with E-state index < -0.39 is 17.9 Å². The first-order chi connectivity index (χ1) is 12.4. The molecule has 8 nitrogen and oxygen atoms in total. The average Bonchev–Trinajstić information content (AvgIpc) is 3.15. The zero-order valence-corrected chi connectivity index (χ0v) is 14.7. The topological polar surface area (TPSA) is 101 Å². The van der Waals surface area contributed by atoms with Crippen molar-refractivity contribution in [2.75, 3.05) is 0 Å². The highest BCUT2D eigenvalue weighted by Crippen LogP contribution is 2.30. The molecule has 26 heavy (non-hydrogen) atoms. The van der Waals surface area contributed by atoms with Crippen LogP contribution in [0.3, 0.4) is 0 Å². The van der Waals surface area contributed by atoms with Crippen molar-refractivity contribution in [3.63, 3.8) is 0 Å². The molecule has 0 saturated heterocycles. The van der Waals surface area contributed by atoms with E-state index in [4.69, 9.17) is 4.42 Å². The van der Waals surface area contributed by atoms with Gasteiger partial charge in [-0.25, -0.2) is 4.79 Å². The Balaban J connectivity index is 1.79. The van der Waals surface area contributed by atoms with Crippen LogP contribution in [0.5, 0.6) is 0 Å². The van der Waals surface area contributed by atoms with Crippen LogP contribution in [0.1, 0.15) is 33.3 Å². The number of para-hydroxylation sites is 1. The van der Waals surface area contributed by atoms with Crippen LogP contribution in [0.25, 0.3) is 11.0 Å². The van der Waals surface area contributed by atoms with Gasteiger partial charge in [-0.15, -0.1) is 10.2 Å². The standard InChI is InChI=1S/C18H18N4O4/c1-9-5-4-6-12-10(2)16(26-15(9)12)17(23)22-8-14-20-19-11(3)21(14)7-13(22)18(24)25/h4-6,13H,7-8H2,1-3H3,(H,24,25). The first-order valence-electron chi connectivity index (χ1n) is 8.29. The number of furan rings is 1. The van der Waals surface area contributed by atoms with Crippen molar-refractivity contribution in [2.45, 2.75) is 39.9 Å². The number of carbonyl (C=O) groups excluding carboxylic acids is 1. The number of aromatic nitrogens is 3. The van der Waals surface area contributed by atoms with Crippen LogP contribution in [-0.2, 0) is 17.9 Å².